The van der Waals surface area contributed by atoms with Crippen LogP contribution in [0.2, 0.25) is 0 Å². The van der Waals surface area contributed by atoms with Crippen LogP contribution in [0.25, 0.3) is 0 Å². The van der Waals surface area contributed by atoms with Crippen LogP contribution in [0.5, 0.6) is 0 Å². The number of rotatable bonds is 5. The van der Waals surface area contributed by atoms with Gasteiger partial charge >= 0.3 is 11.6 Å². The van der Waals surface area contributed by atoms with Crippen molar-refractivity contribution in [3.63, 3.8) is 0 Å². The Bertz CT molecular complexity index is 833. The van der Waals surface area contributed by atoms with Crippen molar-refractivity contribution in [1.29, 1.82) is 0 Å². The van der Waals surface area contributed by atoms with Crippen molar-refractivity contribution in [1.82, 2.24) is 4.90 Å². The molecule has 0 unspecified atom stereocenters. The molecule has 0 saturated heterocycles. The summed E-state index contributed by atoms with van der Waals surface area (Å²) in [7, 11) is 1.53. The van der Waals surface area contributed by atoms with E-state index >= 15 is 0 Å². The number of likely N-dealkylation sites (N-methyl/N-ethyl adjacent to an activating group) is 1. The predicted molar refractivity (Wildman–Crippen MR) is 87.6 cm³/mol. The molecule has 0 aliphatic rings. The summed E-state index contributed by atoms with van der Waals surface area (Å²) < 4.78 is 23.0. The lowest BCUT2D eigenvalue weighted by Crippen LogP contribution is -2.31. The van der Waals surface area contributed by atoms with Crippen LogP contribution in [-0.2, 0) is 16.1 Å². The Morgan fingerprint density at radius 1 is 1.24 bits per heavy atom. The lowest BCUT2D eigenvalue weighted by Gasteiger charge is -2.17. The van der Waals surface area contributed by atoms with Crippen LogP contribution in [0.15, 0.2) is 39.5 Å². The molecule has 25 heavy (non-hydrogen) atoms. The molecule has 0 aliphatic carbocycles. The average Bonchev–Trinajstić information content (AvgIpc) is 2.51. The van der Waals surface area contributed by atoms with Gasteiger partial charge in [-0.25, -0.2) is 14.0 Å². The number of carbonyl (C=O) groups excluding carboxylic acids is 2. The third kappa shape index (κ3) is 4.76. The van der Waals surface area contributed by atoms with Gasteiger partial charge in [0.2, 0.25) is 0 Å². The highest BCUT2D eigenvalue weighted by atomic mass is 19.1. The van der Waals surface area contributed by atoms with Gasteiger partial charge in [0.15, 0.2) is 6.61 Å². The maximum Gasteiger partial charge on any atom is 0.342 e. The summed E-state index contributed by atoms with van der Waals surface area (Å²) in [5.41, 5.74) is 0.607. The Morgan fingerprint density at radius 2 is 1.96 bits per heavy atom. The standard InChI is InChI=1S/C18H18FNO5/c1-11-7-16(22)25-12(2)17(11)18(23)24-10-15(21)20(3)9-13-5-4-6-14(19)8-13/h4-8H,9-10H2,1-3H3. The van der Waals surface area contributed by atoms with E-state index in [9.17, 15) is 18.8 Å². The van der Waals surface area contributed by atoms with E-state index in [2.05, 4.69) is 0 Å². The monoisotopic (exact) mass is 347 g/mol. The first-order valence-corrected chi connectivity index (χ1v) is 7.55. The van der Waals surface area contributed by atoms with Gasteiger partial charge in [0, 0.05) is 19.7 Å². The van der Waals surface area contributed by atoms with Crippen LogP contribution in [0.4, 0.5) is 4.39 Å². The minimum Gasteiger partial charge on any atom is -0.452 e. The molecule has 2 rings (SSSR count). The smallest absolute Gasteiger partial charge is 0.342 e. The third-order valence-electron chi connectivity index (χ3n) is 3.60. The van der Waals surface area contributed by atoms with Crippen molar-refractivity contribution in [3.8, 4) is 0 Å². The first kappa shape index (κ1) is 18.4. The molecule has 0 bridgehead atoms. The van der Waals surface area contributed by atoms with E-state index in [0.717, 1.165) is 0 Å². The minimum atomic E-state index is -0.744. The topological polar surface area (TPSA) is 76.8 Å². The molecule has 2 aromatic rings. The molecule has 0 radical (unpaired) electrons. The summed E-state index contributed by atoms with van der Waals surface area (Å²) in [6.07, 6.45) is 0. The first-order chi connectivity index (χ1) is 11.8. The summed E-state index contributed by atoms with van der Waals surface area (Å²) in [6, 6.07) is 7.07. The maximum atomic E-state index is 13.2. The Balaban J connectivity index is 1.97. The molecule has 7 heteroatoms. The van der Waals surface area contributed by atoms with Gasteiger partial charge in [-0.05, 0) is 37.1 Å². The number of hydrogen-bond acceptors (Lipinski definition) is 5. The van der Waals surface area contributed by atoms with Crippen LogP contribution in [0.3, 0.4) is 0 Å². The fourth-order valence-corrected chi connectivity index (χ4v) is 2.37. The lowest BCUT2D eigenvalue weighted by molar-refractivity contribution is -0.133. The van der Waals surface area contributed by atoms with Crippen molar-refractivity contribution in [3.05, 3.63) is 69.0 Å². The first-order valence-electron chi connectivity index (χ1n) is 7.55. The van der Waals surface area contributed by atoms with Crippen LogP contribution in [0.1, 0.15) is 27.2 Å². The second-order valence-corrected chi connectivity index (χ2v) is 5.64. The fourth-order valence-electron chi connectivity index (χ4n) is 2.37. The molecule has 0 fully saturated rings. The van der Waals surface area contributed by atoms with Crippen molar-refractivity contribution in [2.75, 3.05) is 13.7 Å². The predicted octanol–water partition coefficient (Wildman–Crippen LogP) is 2.21. The number of benzene rings is 1. The molecule has 0 spiro atoms. The van der Waals surface area contributed by atoms with Crippen LogP contribution >= 0.6 is 0 Å². The summed E-state index contributed by atoms with van der Waals surface area (Å²) >= 11 is 0. The highest BCUT2D eigenvalue weighted by Crippen LogP contribution is 2.12. The van der Waals surface area contributed by atoms with E-state index in [1.165, 1.54) is 37.1 Å². The normalized spacial score (nSPS) is 10.4. The zero-order valence-corrected chi connectivity index (χ0v) is 14.2. The quantitative estimate of drug-likeness (QED) is 0.775. The molecule has 0 atom stereocenters. The van der Waals surface area contributed by atoms with Crippen molar-refractivity contribution in [2.45, 2.75) is 20.4 Å². The molecule has 0 aliphatic heterocycles. The second kappa shape index (κ2) is 7.74. The van der Waals surface area contributed by atoms with Crippen molar-refractivity contribution >= 4 is 11.9 Å². The molecule has 132 valence electrons. The summed E-state index contributed by atoms with van der Waals surface area (Å²) in [6.45, 7) is 2.77. The molecule has 0 saturated carbocycles. The van der Waals surface area contributed by atoms with Crippen LogP contribution in [0, 0.1) is 19.7 Å². The Hall–Kier alpha value is -2.96. The number of amides is 1. The Labute approximate surface area is 143 Å². The highest BCUT2D eigenvalue weighted by molar-refractivity contribution is 5.93. The summed E-state index contributed by atoms with van der Waals surface area (Å²) in [5.74, 6) is -1.44. The molecule has 1 aromatic carbocycles. The number of halogens is 1. The summed E-state index contributed by atoms with van der Waals surface area (Å²) in [4.78, 5) is 36.8. The second-order valence-electron chi connectivity index (χ2n) is 5.64. The molecule has 6 nitrogen and oxygen atoms in total. The van der Waals surface area contributed by atoms with Gasteiger partial charge in [0.05, 0.1) is 0 Å². The molecular weight excluding hydrogens is 329 g/mol. The van der Waals surface area contributed by atoms with Gasteiger partial charge in [-0.2, -0.15) is 0 Å². The molecule has 1 aromatic heterocycles. The average molecular weight is 347 g/mol. The number of hydrogen-bond donors (Lipinski definition) is 0. The number of aryl methyl sites for hydroxylation is 2. The van der Waals surface area contributed by atoms with E-state index in [4.69, 9.17) is 9.15 Å². The third-order valence-corrected chi connectivity index (χ3v) is 3.60. The van der Waals surface area contributed by atoms with E-state index < -0.39 is 24.1 Å². The Morgan fingerprint density at radius 3 is 2.60 bits per heavy atom. The number of ether oxygens (including phenoxy) is 1. The minimum absolute atomic E-state index is 0.125. The van der Waals surface area contributed by atoms with Gasteiger partial charge in [-0.15, -0.1) is 0 Å². The van der Waals surface area contributed by atoms with E-state index in [-0.39, 0.29) is 23.7 Å². The summed E-state index contributed by atoms with van der Waals surface area (Å²) in [5, 5.41) is 0. The number of esters is 1. The van der Waals surface area contributed by atoms with Gasteiger partial charge in [0.25, 0.3) is 5.91 Å². The molecule has 0 N–H and O–H groups in total. The van der Waals surface area contributed by atoms with Crippen molar-refractivity contribution in [2.24, 2.45) is 0 Å². The number of carbonyl (C=O) groups is 2. The number of nitrogens with zero attached hydrogens (tertiary/aromatic N) is 1. The van der Waals surface area contributed by atoms with Crippen molar-refractivity contribution < 1.29 is 23.1 Å². The van der Waals surface area contributed by atoms with Gasteiger partial charge in [0.1, 0.15) is 17.1 Å². The van der Waals surface area contributed by atoms with Gasteiger partial charge in [-0.1, -0.05) is 12.1 Å². The fraction of sp³-hybridized carbons (Fsp3) is 0.278. The molecular formula is C18H18FNO5. The molecule has 1 amide bonds. The van der Waals surface area contributed by atoms with E-state index in [1.54, 1.807) is 19.1 Å². The van der Waals surface area contributed by atoms with Crippen LogP contribution in [-0.4, -0.2) is 30.4 Å². The zero-order valence-electron chi connectivity index (χ0n) is 14.2. The SMILES string of the molecule is Cc1cc(=O)oc(C)c1C(=O)OCC(=O)N(C)Cc1cccc(F)c1. The van der Waals surface area contributed by atoms with E-state index in [1.807, 2.05) is 0 Å². The van der Waals surface area contributed by atoms with Crippen LogP contribution < -0.4 is 5.63 Å². The Kier molecular flexibility index (Phi) is 5.69. The lowest BCUT2D eigenvalue weighted by atomic mass is 10.1. The molecule has 1 heterocycles. The van der Waals surface area contributed by atoms with Gasteiger partial charge < -0.3 is 14.1 Å². The maximum absolute atomic E-state index is 13.2. The van der Waals surface area contributed by atoms with E-state index in [0.29, 0.717) is 11.1 Å². The van der Waals surface area contributed by atoms with Gasteiger partial charge in [-0.3, -0.25) is 4.79 Å². The highest BCUT2D eigenvalue weighted by Gasteiger charge is 2.19. The zero-order chi connectivity index (χ0) is 18.6. The largest absolute Gasteiger partial charge is 0.452 e.